The van der Waals surface area contributed by atoms with Crippen molar-refractivity contribution in [3.05, 3.63) is 0 Å². The summed E-state index contributed by atoms with van der Waals surface area (Å²) in [5, 5.41) is 0. The second kappa shape index (κ2) is 1.65. The van der Waals surface area contributed by atoms with Gasteiger partial charge in [0.1, 0.15) is 6.29 Å². The quantitative estimate of drug-likeness (QED) is 0.475. The molecule has 1 rings (SSSR count). The lowest BCUT2D eigenvalue weighted by atomic mass is 10.3. The number of hydrogen-bond donors (Lipinski definition) is 0. The highest BCUT2D eigenvalue weighted by Crippen LogP contribution is 2.38. The first-order chi connectivity index (χ1) is 3.38. The third kappa shape index (κ3) is 0.817. The van der Waals surface area contributed by atoms with Gasteiger partial charge in [-0.25, -0.2) is 0 Å². The first-order valence-electron chi connectivity index (χ1n) is 2.83. The van der Waals surface area contributed by atoms with Gasteiger partial charge in [0.05, 0.1) is 0 Å². The van der Waals surface area contributed by atoms with Crippen LogP contribution in [0.2, 0.25) is 0 Å². The summed E-state index contributed by atoms with van der Waals surface area (Å²) < 4.78 is 0. The number of carbonyl (C=O) groups excluding carboxylic acids is 1. The summed E-state index contributed by atoms with van der Waals surface area (Å²) >= 11 is 0. The van der Waals surface area contributed by atoms with Crippen LogP contribution >= 0.6 is 0 Å². The van der Waals surface area contributed by atoms with E-state index in [0.29, 0.717) is 5.92 Å². The van der Waals surface area contributed by atoms with Crippen molar-refractivity contribution < 1.29 is 4.79 Å². The van der Waals surface area contributed by atoms with Crippen LogP contribution in [0.15, 0.2) is 0 Å². The minimum absolute atomic E-state index is 0.435. The molecule has 0 aromatic carbocycles. The molecule has 0 aromatic rings. The Bertz CT molecular complexity index is 78.2. The monoisotopic (exact) mass is 98.1 g/mol. The molecular weight excluding hydrogens is 88.1 g/mol. The minimum Gasteiger partial charge on any atom is -0.303 e. The van der Waals surface area contributed by atoms with Gasteiger partial charge in [-0.1, -0.05) is 13.3 Å². The number of carbonyl (C=O) groups is 1. The SMILES string of the molecule is CC[C@@H]1C[C@H]1C=O. The van der Waals surface area contributed by atoms with Gasteiger partial charge in [-0.2, -0.15) is 0 Å². The van der Waals surface area contributed by atoms with Crippen LogP contribution in [0.5, 0.6) is 0 Å². The van der Waals surface area contributed by atoms with Crippen LogP contribution in [0, 0.1) is 11.8 Å². The third-order valence-corrected chi connectivity index (χ3v) is 1.68. The molecule has 0 radical (unpaired) electrons. The predicted octanol–water partition coefficient (Wildman–Crippen LogP) is 1.23. The Morgan fingerprint density at radius 2 is 2.57 bits per heavy atom. The molecule has 0 heterocycles. The van der Waals surface area contributed by atoms with E-state index < -0.39 is 0 Å². The second-order valence-corrected chi connectivity index (χ2v) is 2.20. The van der Waals surface area contributed by atoms with Crippen LogP contribution in [-0.2, 0) is 4.79 Å². The molecule has 0 aromatic heterocycles. The zero-order chi connectivity index (χ0) is 5.28. The standard InChI is InChI=1S/C6H10O/c1-2-5-3-6(5)4-7/h4-6H,2-3H2,1H3/t5-,6+/m1/s1. The van der Waals surface area contributed by atoms with Gasteiger partial charge >= 0.3 is 0 Å². The summed E-state index contributed by atoms with van der Waals surface area (Å²) in [6, 6.07) is 0. The van der Waals surface area contributed by atoms with E-state index in [1.54, 1.807) is 0 Å². The molecule has 1 nitrogen and oxygen atoms in total. The predicted molar refractivity (Wildman–Crippen MR) is 28.0 cm³/mol. The first kappa shape index (κ1) is 4.82. The molecule has 0 spiro atoms. The molecule has 7 heavy (non-hydrogen) atoms. The lowest BCUT2D eigenvalue weighted by Crippen LogP contribution is -1.78. The molecule has 0 aliphatic heterocycles. The van der Waals surface area contributed by atoms with Gasteiger partial charge < -0.3 is 4.79 Å². The van der Waals surface area contributed by atoms with Gasteiger partial charge in [0, 0.05) is 5.92 Å². The number of rotatable bonds is 2. The molecule has 1 aliphatic rings. The van der Waals surface area contributed by atoms with E-state index in [0.717, 1.165) is 18.6 Å². The average Bonchev–Trinajstić information content (AvgIpc) is 2.43. The maximum atomic E-state index is 9.94. The van der Waals surface area contributed by atoms with E-state index in [9.17, 15) is 4.79 Å². The Hall–Kier alpha value is -0.330. The molecule has 0 N–H and O–H groups in total. The van der Waals surface area contributed by atoms with Crippen molar-refractivity contribution >= 4 is 6.29 Å². The first-order valence-corrected chi connectivity index (χ1v) is 2.83. The molecule has 0 saturated heterocycles. The van der Waals surface area contributed by atoms with Crippen molar-refractivity contribution in [1.82, 2.24) is 0 Å². The summed E-state index contributed by atoms with van der Waals surface area (Å²) in [5.74, 6) is 1.18. The molecule has 0 unspecified atom stereocenters. The minimum atomic E-state index is 0.435. The lowest BCUT2D eigenvalue weighted by Gasteiger charge is -1.78. The zero-order valence-corrected chi connectivity index (χ0v) is 4.55. The van der Waals surface area contributed by atoms with Crippen LogP contribution < -0.4 is 0 Å². The fourth-order valence-corrected chi connectivity index (χ4v) is 0.907. The van der Waals surface area contributed by atoms with Crippen molar-refractivity contribution in [2.75, 3.05) is 0 Å². The molecule has 1 saturated carbocycles. The van der Waals surface area contributed by atoms with Gasteiger partial charge in [0.25, 0.3) is 0 Å². The summed E-state index contributed by atoms with van der Waals surface area (Å²) in [6.45, 7) is 2.13. The molecule has 1 heteroatoms. The summed E-state index contributed by atoms with van der Waals surface area (Å²) in [4.78, 5) is 9.94. The van der Waals surface area contributed by atoms with E-state index in [4.69, 9.17) is 0 Å². The molecular formula is C6H10O. The van der Waals surface area contributed by atoms with E-state index in [1.165, 1.54) is 6.42 Å². The summed E-state index contributed by atoms with van der Waals surface area (Å²) in [5.41, 5.74) is 0. The van der Waals surface area contributed by atoms with Crippen LogP contribution in [-0.4, -0.2) is 6.29 Å². The molecule has 0 amide bonds. The van der Waals surface area contributed by atoms with Crippen molar-refractivity contribution in [2.45, 2.75) is 19.8 Å². The average molecular weight is 98.1 g/mol. The van der Waals surface area contributed by atoms with Crippen LogP contribution in [0.1, 0.15) is 19.8 Å². The lowest BCUT2D eigenvalue weighted by molar-refractivity contribution is -0.109. The summed E-state index contributed by atoms with van der Waals surface area (Å²) in [7, 11) is 0. The van der Waals surface area contributed by atoms with E-state index in [-0.39, 0.29) is 0 Å². The normalized spacial score (nSPS) is 37.9. The van der Waals surface area contributed by atoms with Crippen molar-refractivity contribution in [3.8, 4) is 0 Å². The Morgan fingerprint density at radius 1 is 1.86 bits per heavy atom. The van der Waals surface area contributed by atoms with E-state index in [2.05, 4.69) is 6.92 Å². The van der Waals surface area contributed by atoms with Gasteiger partial charge in [0.2, 0.25) is 0 Å². The van der Waals surface area contributed by atoms with Crippen molar-refractivity contribution in [2.24, 2.45) is 11.8 Å². The molecule has 1 fully saturated rings. The van der Waals surface area contributed by atoms with Crippen LogP contribution in [0.4, 0.5) is 0 Å². The van der Waals surface area contributed by atoms with Crippen molar-refractivity contribution in [3.63, 3.8) is 0 Å². The second-order valence-electron chi connectivity index (χ2n) is 2.20. The molecule has 1 aliphatic carbocycles. The van der Waals surface area contributed by atoms with Crippen LogP contribution in [0.25, 0.3) is 0 Å². The van der Waals surface area contributed by atoms with Crippen molar-refractivity contribution in [1.29, 1.82) is 0 Å². The Labute approximate surface area is 43.7 Å². The fraction of sp³-hybridized carbons (Fsp3) is 0.833. The van der Waals surface area contributed by atoms with Crippen LogP contribution in [0.3, 0.4) is 0 Å². The van der Waals surface area contributed by atoms with E-state index in [1.807, 2.05) is 0 Å². The Kier molecular flexibility index (Phi) is 1.13. The molecule has 2 atom stereocenters. The topological polar surface area (TPSA) is 17.1 Å². The summed E-state index contributed by atoms with van der Waals surface area (Å²) in [6.07, 6.45) is 3.41. The fourth-order valence-electron chi connectivity index (χ4n) is 0.907. The Balaban J connectivity index is 2.17. The largest absolute Gasteiger partial charge is 0.303 e. The highest BCUT2D eigenvalue weighted by atomic mass is 16.1. The van der Waals surface area contributed by atoms with Gasteiger partial charge in [-0.05, 0) is 12.3 Å². The number of aldehydes is 1. The third-order valence-electron chi connectivity index (χ3n) is 1.68. The van der Waals surface area contributed by atoms with Gasteiger partial charge in [-0.15, -0.1) is 0 Å². The molecule has 40 valence electrons. The zero-order valence-electron chi connectivity index (χ0n) is 4.55. The Morgan fingerprint density at radius 3 is 2.71 bits per heavy atom. The smallest absolute Gasteiger partial charge is 0.123 e. The van der Waals surface area contributed by atoms with Gasteiger partial charge in [-0.3, -0.25) is 0 Å². The van der Waals surface area contributed by atoms with E-state index >= 15 is 0 Å². The van der Waals surface area contributed by atoms with Gasteiger partial charge in [0.15, 0.2) is 0 Å². The molecule has 0 bridgehead atoms. The highest BCUT2D eigenvalue weighted by Gasteiger charge is 2.34. The number of hydrogen-bond acceptors (Lipinski definition) is 1. The maximum Gasteiger partial charge on any atom is 0.123 e. The maximum absolute atomic E-state index is 9.94. The highest BCUT2D eigenvalue weighted by molar-refractivity contribution is 5.57.